The van der Waals surface area contributed by atoms with Gasteiger partial charge in [-0.1, -0.05) is 0 Å². The molecule has 13 heavy (non-hydrogen) atoms. The van der Waals surface area contributed by atoms with E-state index in [1.54, 1.807) is 6.92 Å². The largest absolute Gasteiger partial charge is 0.490 e. The van der Waals surface area contributed by atoms with E-state index < -0.39 is 5.82 Å². The van der Waals surface area contributed by atoms with Gasteiger partial charge in [0.25, 0.3) is 0 Å². The lowest BCUT2D eigenvalue weighted by atomic mass is 10.2. The van der Waals surface area contributed by atoms with Crippen LogP contribution in [0.3, 0.4) is 0 Å². The molecule has 2 nitrogen and oxygen atoms in total. The summed E-state index contributed by atoms with van der Waals surface area (Å²) >= 11 is 3.12. The van der Waals surface area contributed by atoms with E-state index in [0.29, 0.717) is 17.4 Å². The van der Waals surface area contributed by atoms with Crippen molar-refractivity contribution in [2.24, 2.45) is 0 Å². The Morgan fingerprint density at radius 2 is 2.31 bits per heavy atom. The third-order valence-electron chi connectivity index (χ3n) is 1.45. The van der Waals surface area contributed by atoms with Crippen LogP contribution in [-0.4, -0.2) is 12.9 Å². The summed E-state index contributed by atoms with van der Waals surface area (Å²) in [7, 11) is 0. The van der Waals surface area contributed by atoms with Crippen molar-refractivity contribution in [3.8, 4) is 5.75 Å². The third-order valence-corrected chi connectivity index (χ3v) is 2.03. The molecule has 1 aromatic rings. The summed E-state index contributed by atoms with van der Waals surface area (Å²) in [6.07, 6.45) is 0.587. The van der Waals surface area contributed by atoms with Crippen LogP contribution in [0.25, 0.3) is 0 Å². The molecule has 0 aliphatic heterocycles. The highest BCUT2D eigenvalue weighted by Crippen LogP contribution is 2.29. The summed E-state index contributed by atoms with van der Waals surface area (Å²) in [5.74, 6) is -0.383. The van der Waals surface area contributed by atoms with Crippen molar-refractivity contribution in [2.45, 2.75) is 6.92 Å². The monoisotopic (exact) mass is 246 g/mol. The molecular weight excluding hydrogens is 239 g/mol. The van der Waals surface area contributed by atoms with Crippen LogP contribution in [0.4, 0.5) is 4.39 Å². The Bertz CT molecular complexity index is 302. The number of aldehydes is 1. The summed E-state index contributed by atoms with van der Waals surface area (Å²) in [4.78, 5) is 10.4. The zero-order chi connectivity index (χ0) is 9.84. The van der Waals surface area contributed by atoms with Crippen molar-refractivity contribution >= 4 is 22.2 Å². The van der Waals surface area contributed by atoms with Gasteiger partial charge < -0.3 is 4.74 Å². The number of ether oxygens (including phenoxy) is 1. The molecule has 0 bridgehead atoms. The summed E-state index contributed by atoms with van der Waals surface area (Å²) in [5, 5.41) is 0. The maximum absolute atomic E-state index is 13.2. The van der Waals surface area contributed by atoms with Crippen LogP contribution >= 0.6 is 15.9 Å². The first kappa shape index (κ1) is 10.2. The molecule has 0 saturated heterocycles. The highest BCUT2D eigenvalue weighted by Gasteiger charge is 2.09. The van der Waals surface area contributed by atoms with Crippen LogP contribution in [0.2, 0.25) is 0 Å². The molecule has 4 heteroatoms. The summed E-state index contributed by atoms with van der Waals surface area (Å²) in [6.45, 7) is 2.15. The molecule has 0 saturated carbocycles. The molecule has 0 aliphatic carbocycles. The topological polar surface area (TPSA) is 26.3 Å². The van der Waals surface area contributed by atoms with Gasteiger partial charge in [-0.15, -0.1) is 0 Å². The molecule has 0 unspecified atom stereocenters. The van der Waals surface area contributed by atoms with Gasteiger partial charge in [-0.25, -0.2) is 4.39 Å². The first-order chi connectivity index (χ1) is 6.19. The minimum Gasteiger partial charge on any atom is -0.490 e. The molecule has 0 aliphatic rings. The predicted octanol–water partition coefficient (Wildman–Crippen LogP) is 2.80. The van der Waals surface area contributed by atoms with Gasteiger partial charge in [0.05, 0.1) is 11.1 Å². The average Bonchev–Trinajstić information content (AvgIpc) is 2.11. The molecule has 70 valence electrons. The number of hydrogen-bond acceptors (Lipinski definition) is 2. The molecular formula is C9H8BrFO2. The molecule has 0 spiro atoms. The Labute approximate surface area is 83.8 Å². The fourth-order valence-electron chi connectivity index (χ4n) is 0.930. The Morgan fingerprint density at radius 3 is 2.77 bits per heavy atom. The lowest BCUT2D eigenvalue weighted by molar-refractivity contribution is 0.112. The van der Waals surface area contributed by atoms with Crippen molar-refractivity contribution < 1.29 is 13.9 Å². The normalized spacial score (nSPS) is 9.77. The molecule has 0 fully saturated rings. The van der Waals surface area contributed by atoms with Crippen molar-refractivity contribution in [3.05, 3.63) is 28.0 Å². The fourth-order valence-corrected chi connectivity index (χ4v) is 1.50. The summed E-state index contributed by atoms with van der Waals surface area (Å²) in [5.41, 5.74) is 0.285. The van der Waals surface area contributed by atoms with Gasteiger partial charge >= 0.3 is 0 Å². The second kappa shape index (κ2) is 4.37. The van der Waals surface area contributed by atoms with E-state index in [0.717, 1.165) is 6.07 Å². The van der Waals surface area contributed by atoms with Crippen molar-refractivity contribution in [3.63, 3.8) is 0 Å². The van der Waals surface area contributed by atoms with E-state index in [9.17, 15) is 9.18 Å². The number of rotatable bonds is 3. The van der Waals surface area contributed by atoms with Crippen LogP contribution in [0.15, 0.2) is 16.6 Å². The van der Waals surface area contributed by atoms with Crippen molar-refractivity contribution in [1.29, 1.82) is 0 Å². The lowest BCUT2D eigenvalue weighted by Crippen LogP contribution is -1.96. The molecule has 1 aromatic carbocycles. The van der Waals surface area contributed by atoms with Gasteiger partial charge in [0.2, 0.25) is 0 Å². The Kier molecular flexibility index (Phi) is 3.42. The first-order valence-electron chi connectivity index (χ1n) is 3.76. The Balaban J connectivity index is 3.14. The lowest BCUT2D eigenvalue weighted by Gasteiger charge is -2.06. The molecule has 0 radical (unpaired) electrons. The van der Waals surface area contributed by atoms with Crippen LogP contribution in [-0.2, 0) is 0 Å². The van der Waals surface area contributed by atoms with E-state index in [1.165, 1.54) is 6.07 Å². The van der Waals surface area contributed by atoms with E-state index in [4.69, 9.17) is 4.74 Å². The Morgan fingerprint density at radius 1 is 1.62 bits per heavy atom. The van der Waals surface area contributed by atoms with Gasteiger partial charge in [-0.05, 0) is 35.0 Å². The Hall–Kier alpha value is -0.900. The number of benzene rings is 1. The highest BCUT2D eigenvalue weighted by molar-refractivity contribution is 9.10. The summed E-state index contributed by atoms with van der Waals surface area (Å²) < 4.78 is 18.7. The first-order valence-corrected chi connectivity index (χ1v) is 4.55. The summed E-state index contributed by atoms with van der Waals surface area (Å²) in [6, 6.07) is 2.66. The smallest absolute Gasteiger partial charge is 0.169 e. The fraction of sp³-hybridized carbons (Fsp3) is 0.222. The number of halogens is 2. The zero-order valence-corrected chi connectivity index (χ0v) is 8.60. The van der Waals surface area contributed by atoms with Gasteiger partial charge in [-0.2, -0.15) is 0 Å². The standard InChI is InChI=1S/C9H8BrFO2/c1-2-13-9-7(10)3-6(5-12)4-8(9)11/h3-5H,2H2,1H3. The zero-order valence-electron chi connectivity index (χ0n) is 7.01. The van der Waals surface area contributed by atoms with Crippen LogP contribution < -0.4 is 4.74 Å². The van der Waals surface area contributed by atoms with E-state index in [2.05, 4.69) is 15.9 Å². The minimum atomic E-state index is -0.529. The van der Waals surface area contributed by atoms with Gasteiger partial charge in [-0.3, -0.25) is 4.79 Å². The maximum Gasteiger partial charge on any atom is 0.169 e. The maximum atomic E-state index is 13.2. The highest BCUT2D eigenvalue weighted by atomic mass is 79.9. The van der Waals surface area contributed by atoms with Gasteiger partial charge in [0.1, 0.15) is 6.29 Å². The van der Waals surface area contributed by atoms with Gasteiger partial charge in [0.15, 0.2) is 11.6 Å². The second-order valence-electron chi connectivity index (χ2n) is 2.36. The van der Waals surface area contributed by atoms with E-state index in [1.807, 2.05) is 0 Å². The van der Waals surface area contributed by atoms with E-state index >= 15 is 0 Å². The molecule has 0 heterocycles. The number of carbonyl (C=O) groups excluding carboxylic acids is 1. The quantitative estimate of drug-likeness (QED) is 0.767. The number of carbonyl (C=O) groups is 1. The van der Waals surface area contributed by atoms with Crippen LogP contribution in [0.1, 0.15) is 17.3 Å². The van der Waals surface area contributed by atoms with E-state index in [-0.39, 0.29) is 11.3 Å². The van der Waals surface area contributed by atoms with Crippen molar-refractivity contribution in [2.75, 3.05) is 6.61 Å². The minimum absolute atomic E-state index is 0.146. The average molecular weight is 247 g/mol. The van der Waals surface area contributed by atoms with Gasteiger partial charge in [0, 0.05) is 5.56 Å². The molecule has 0 amide bonds. The number of hydrogen-bond donors (Lipinski definition) is 0. The second-order valence-corrected chi connectivity index (χ2v) is 3.22. The third kappa shape index (κ3) is 2.28. The van der Waals surface area contributed by atoms with Crippen molar-refractivity contribution in [1.82, 2.24) is 0 Å². The predicted molar refractivity (Wildman–Crippen MR) is 50.7 cm³/mol. The molecule has 0 aromatic heterocycles. The molecule has 0 atom stereocenters. The van der Waals surface area contributed by atoms with Crippen LogP contribution in [0.5, 0.6) is 5.75 Å². The molecule has 0 N–H and O–H groups in total. The SMILES string of the molecule is CCOc1c(F)cc(C=O)cc1Br. The van der Waals surface area contributed by atoms with Crippen LogP contribution in [0, 0.1) is 5.82 Å². The molecule has 1 rings (SSSR count).